The average molecular weight is 454 g/mol. The Balaban J connectivity index is 1.55. The van der Waals surface area contributed by atoms with Crippen LogP contribution < -0.4 is 0 Å². The van der Waals surface area contributed by atoms with E-state index in [9.17, 15) is 0 Å². The fourth-order valence-electron chi connectivity index (χ4n) is 4.81. The monoisotopic (exact) mass is 453 g/mol. The minimum absolute atomic E-state index is 0.169. The second kappa shape index (κ2) is 11.6. The summed E-state index contributed by atoms with van der Waals surface area (Å²) in [5, 5.41) is 0. The zero-order chi connectivity index (χ0) is 24.7. The van der Waals surface area contributed by atoms with Gasteiger partial charge < -0.3 is 0 Å². The molecule has 2 aromatic rings. The number of allylic oxidation sites excluding steroid dienone is 3. The van der Waals surface area contributed by atoms with Gasteiger partial charge in [0.25, 0.3) is 0 Å². The summed E-state index contributed by atoms with van der Waals surface area (Å²) in [4.78, 5) is 4.92. The zero-order valence-corrected chi connectivity index (χ0v) is 22.2. The molecule has 0 radical (unpaired) electrons. The van der Waals surface area contributed by atoms with E-state index >= 15 is 0 Å². The van der Waals surface area contributed by atoms with Crippen molar-refractivity contribution in [2.24, 2.45) is 4.99 Å². The third-order valence-corrected chi connectivity index (χ3v) is 7.09. The van der Waals surface area contributed by atoms with Gasteiger partial charge in [-0.3, -0.25) is 4.99 Å². The van der Waals surface area contributed by atoms with Crippen LogP contribution >= 0.6 is 0 Å². The highest BCUT2D eigenvalue weighted by Gasteiger charge is 2.17. The van der Waals surface area contributed by atoms with Crippen LogP contribution in [0.5, 0.6) is 0 Å². The van der Waals surface area contributed by atoms with Gasteiger partial charge in [-0.1, -0.05) is 101 Å². The van der Waals surface area contributed by atoms with E-state index in [2.05, 4.69) is 109 Å². The Hall–Kier alpha value is -2.67. The van der Waals surface area contributed by atoms with Crippen molar-refractivity contribution in [3.63, 3.8) is 0 Å². The lowest BCUT2D eigenvalue weighted by molar-refractivity contribution is 0.589. The van der Waals surface area contributed by atoms with Crippen LogP contribution in [0.4, 0.5) is 0 Å². The van der Waals surface area contributed by atoms with E-state index in [4.69, 9.17) is 4.99 Å². The van der Waals surface area contributed by atoms with Crippen molar-refractivity contribution in [3.05, 3.63) is 94.6 Å². The second-order valence-corrected chi connectivity index (χ2v) is 10.8. The van der Waals surface area contributed by atoms with Crippen LogP contribution in [0.15, 0.2) is 71.8 Å². The molecule has 0 saturated heterocycles. The van der Waals surface area contributed by atoms with Crippen LogP contribution in [0.3, 0.4) is 0 Å². The molecule has 1 heteroatoms. The van der Waals surface area contributed by atoms with Gasteiger partial charge in [0.1, 0.15) is 0 Å². The first kappa shape index (κ1) is 25.9. The normalized spacial score (nSPS) is 16.5. The molecular weight excluding hydrogens is 410 g/mol. The standard InChI is InChI=1S/C33H43N/c1-8-27(22-24(2)31-19-18-30(23-25(31)3)33(5,6)7)20-21-34-26(4)16-17-29-14-11-13-28-12-9-10-15-32(28)29/h9-13,15,18-19,22-23,29H,2,8,14,16-17,20-21H2,1,3-7H3/b27-22+,34-26+. The molecule has 1 aliphatic rings. The molecule has 0 spiro atoms. The first-order valence-corrected chi connectivity index (χ1v) is 12.9. The molecule has 1 aliphatic carbocycles. The van der Waals surface area contributed by atoms with E-state index in [1.54, 1.807) is 0 Å². The zero-order valence-electron chi connectivity index (χ0n) is 22.2. The van der Waals surface area contributed by atoms with Crippen LogP contribution in [0.2, 0.25) is 0 Å². The van der Waals surface area contributed by atoms with Crippen molar-refractivity contribution in [3.8, 4) is 0 Å². The highest BCUT2D eigenvalue weighted by Crippen LogP contribution is 2.33. The summed E-state index contributed by atoms with van der Waals surface area (Å²) in [5.74, 6) is 0.619. The highest BCUT2D eigenvalue weighted by atomic mass is 14.7. The molecule has 0 aromatic heterocycles. The van der Waals surface area contributed by atoms with E-state index in [1.165, 1.54) is 45.5 Å². The Morgan fingerprint density at radius 2 is 1.88 bits per heavy atom. The van der Waals surface area contributed by atoms with Gasteiger partial charge in [-0.25, -0.2) is 0 Å². The molecule has 0 N–H and O–H groups in total. The summed E-state index contributed by atoms with van der Waals surface area (Å²) in [6.07, 6.45) is 12.3. The number of benzene rings is 2. The molecule has 0 bridgehead atoms. The van der Waals surface area contributed by atoms with Gasteiger partial charge in [0.05, 0.1) is 0 Å². The van der Waals surface area contributed by atoms with Crippen LogP contribution in [-0.4, -0.2) is 12.3 Å². The Morgan fingerprint density at radius 1 is 1.12 bits per heavy atom. The van der Waals surface area contributed by atoms with Crippen molar-refractivity contribution in [2.75, 3.05) is 6.54 Å². The average Bonchev–Trinajstić information content (AvgIpc) is 2.81. The molecule has 1 unspecified atom stereocenters. The summed E-state index contributed by atoms with van der Waals surface area (Å²) >= 11 is 0. The molecule has 1 nitrogen and oxygen atoms in total. The van der Waals surface area contributed by atoms with E-state index in [0.717, 1.165) is 37.8 Å². The third kappa shape index (κ3) is 6.92. The number of aryl methyl sites for hydroxylation is 1. The molecule has 0 fully saturated rings. The summed E-state index contributed by atoms with van der Waals surface area (Å²) in [6.45, 7) is 18.7. The number of hydrogen-bond donors (Lipinski definition) is 0. The molecule has 2 aromatic carbocycles. The van der Waals surface area contributed by atoms with Gasteiger partial charge in [-0.15, -0.1) is 0 Å². The van der Waals surface area contributed by atoms with Crippen molar-refractivity contribution in [1.82, 2.24) is 0 Å². The van der Waals surface area contributed by atoms with Gasteiger partial charge in [0.15, 0.2) is 0 Å². The smallest absolute Gasteiger partial charge is 0.0425 e. The summed E-state index contributed by atoms with van der Waals surface area (Å²) in [5.41, 5.74) is 10.8. The maximum Gasteiger partial charge on any atom is 0.0425 e. The van der Waals surface area contributed by atoms with Gasteiger partial charge in [-0.2, -0.15) is 0 Å². The fourth-order valence-corrected chi connectivity index (χ4v) is 4.81. The Labute approximate surface area is 208 Å². The van der Waals surface area contributed by atoms with Gasteiger partial charge in [0, 0.05) is 12.3 Å². The largest absolute Gasteiger partial charge is 0.294 e. The summed E-state index contributed by atoms with van der Waals surface area (Å²) in [7, 11) is 0. The van der Waals surface area contributed by atoms with Crippen molar-refractivity contribution < 1.29 is 0 Å². The fraction of sp³-hybridized carbons (Fsp3) is 0.424. The molecule has 0 saturated carbocycles. The minimum Gasteiger partial charge on any atom is -0.294 e. The SMILES string of the molecule is C=C(/C=C(\CC)CC/N=C(\C)CCC1CC=Cc2ccccc21)c1ccc(C(C)(C)C)cc1C. The van der Waals surface area contributed by atoms with Crippen molar-refractivity contribution in [1.29, 1.82) is 0 Å². The van der Waals surface area contributed by atoms with E-state index in [0.29, 0.717) is 5.92 Å². The lowest BCUT2D eigenvalue weighted by Gasteiger charge is -2.21. The highest BCUT2D eigenvalue weighted by molar-refractivity contribution is 5.82. The Morgan fingerprint density at radius 3 is 2.59 bits per heavy atom. The topological polar surface area (TPSA) is 12.4 Å². The molecule has 0 amide bonds. The number of hydrogen-bond acceptors (Lipinski definition) is 1. The van der Waals surface area contributed by atoms with Crippen molar-refractivity contribution in [2.45, 2.75) is 85.0 Å². The minimum atomic E-state index is 0.169. The van der Waals surface area contributed by atoms with Crippen LogP contribution in [0.1, 0.15) is 100 Å². The Bertz CT molecular complexity index is 1090. The molecule has 1 atom stereocenters. The van der Waals surface area contributed by atoms with Crippen LogP contribution in [0.25, 0.3) is 11.6 Å². The van der Waals surface area contributed by atoms with Gasteiger partial charge in [-0.05, 0) is 90.7 Å². The molecular formula is C33H43N. The van der Waals surface area contributed by atoms with E-state index < -0.39 is 0 Å². The first-order valence-electron chi connectivity index (χ1n) is 12.9. The molecule has 34 heavy (non-hydrogen) atoms. The number of aliphatic imine (C=N–C) groups is 1. The number of fused-ring (bicyclic) bond motifs is 1. The molecule has 180 valence electrons. The van der Waals surface area contributed by atoms with Crippen LogP contribution in [-0.2, 0) is 5.41 Å². The maximum absolute atomic E-state index is 4.92. The first-order chi connectivity index (χ1) is 16.2. The quantitative estimate of drug-likeness (QED) is 0.265. The second-order valence-electron chi connectivity index (χ2n) is 10.8. The summed E-state index contributed by atoms with van der Waals surface area (Å²) < 4.78 is 0. The molecule has 0 heterocycles. The van der Waals surface area contributed by atoms with Gasteiger partial charge in [0.2, 0.25) is 0 Å². The summed E-state index contributed by atoms with van der Waals surface area (Å²) in [6, 6.07) is 15.6. The predicted octanol–water partition coefficient (Wildman–Crippen LogP) is 9.47. The lowest BCUT2D eigenvalue weighted by atomic mass is 9.84. The molecule has 0 aliphatic heterocycles. The number of nitrogens with zero attached hydrogens (tertiary/aromatic N) is 1. The molecule has 3 rings (SSSR count). The van der Waals surface area contributed by atoms with Crippen molar-refractivity contribution >= 4 is 17.4 Å². The van der Waals surface area contributed by atoms with E-state index in [-0.39, 0.29) is 5.41 Å². The Kier molecular flexibility index (Phi) is 8.89. The van der Waals surface area contributed by atoms with E-state index in [1.807, 2.05) is 0 Å². The maximum atomic E-state index is 4.92. The third-order valence-electron chi connectivity index (χ3n) is 7.09. The van der Waals surface area contributed by atoms with Gasteiger partial charge >= 0.3 is 0 Å². The number of rotatable bonds is 9. The predicted molar refractivity (Wildman–Crippen MR) is 152 cm³/mol. The lowest BCUT2D eigenvalue weighted by Crippen LogP contribution is -2.11. The van der Waals surface area contributed by atoms with Crippen LogP contribution in [0, 0.1) is 6.92 Å².